The minimum atomic E-state index is -0.0139. The molecule has 0 radical (unpaired) electrons. The summed E-state index contributed by atoms with van der Waals surface area (Å²) in [6.07, 6.45) is 9.02. The molecule has 2 saturated heterocycles. The van der Waals surface area contributed by atoms with E-state index in [0.29, 0.717) is 18.2 Å². The summed E-state index contributed by atoms with van der Waals surface area (Å²) in [5.41, 5.74) is 4.86. The summed E-state index contributed by atoms with van der Waals surface area (Å²) >= 11 is 0. The second-order valence-corrected chi connectivity index (χ2v) is 10.6. The fraction of sp³-hybridized carbons (Fsp3) is 0.567. The second-order valence-electron chi connectivity index (χ2n) is 10.6. The molecule has 2 heterocycles. The minimum absolute atomic E-state index is 0.0139. The fourth-order valence-electron chi connectivity index (χ4n) is 5.85. The monoisotopic (exact) mass is 492 g/mol. The highest BCUT2D eigenvalue weighted by Crippen LogP contribution is 2.26. The number of nitrogens with zero attached hydrogens (tertiary/aromatic N) is 1. The Labute approximate surface area is 215 Å². The third-order valence-electron chi connectivity index (χ3n) is 7.90. The van der Waals surface area contributed by atoms with Gasteiger partial charge in [0.2, 0.25) is 0 Å². The van der Waals surface area contributed by atoms with Gasteiger partial charge in [-0.15, -0.1) is 0 Å². The molecule has 1 aliphatic carbocycles. The average molecular weight is 493 g/mol. The highest BCUT2D eigenvalue weighted by Gasteiger charge is 2.24. The zero-order chi connectivity index (χ0) is 24.7. The number of aryl methyl sites for hydroxylation is 1. The van der Waals surface area contributed by atoms with Crippen molar-refractivity contribution in [3.63, 3.8) is 0 Å². The van der Waals surface area contributed by atoms with Gasteiger partial charge in [-0.25, -0.2) is 0 Å². The van der Waals surface area contributed by atoms with Crippen molar-refractivity contribution < 1.29 is 19.0 Å². The van der Waals surface area contributed by atoms with E-state index in [4.69, 9.17) is 14.2 Å². The number of fused-ring (bicyclic) bond motifs is 1. The van der Waals surface area contributed by atoms with Crippen LogP contribution in [-0.2, 0) is 28.9 Å². The summed E-state index contributed by atoms with van der Waals surface area (Å²) in [5.74, 6) is 0.766. The zero-order valence-electron chi connectivity index (χ0n) is 21.5. The first-order valence-corrected chi connectivity index (χ1v) is 13.7. The largest absolute Gasteiger partial charge is 0.491 e. The highest BCUT2D eigenvalue weighted by atomic mass is 16.5. The lowest BCUT2D eigenvalue weighted by molar-refractivity contribution is 0.0600. The molecule has 0 saturated carbocycles. The van der Waals surface area contributed by atoms with E-state index < -0.39 is 0 Å². The van der Waals surface area contributed by atoms with Gasteiger partial charge in [0.1, 0.15) is 12.4 Å². The fourth-order valence-corrected chi connectivity index (χ4v) is 5.85. The van der Waals surface area contributed by atoms with Crippen molar-refractivity contribution in [2.75, 3.05) is 33.5 Å². The van der Waals surface area contributed by atoms with E-state index in [1.54, 1.807) is 7.11 Å². The maximum atomic E-state index is 12.9. The number of carbonyl (C=O) groups is 1. The Morgan fingerprint density at radius 2 is 1.92 bits per heavy atom. The quantitative estimate of drug-likeness (QED) is 0.557. The SMILES string of the molecule is COCC1CCCCN1Cc1ccc2c(c1)CC[C@H](NC(=O)c1ccc(OC[C@@H]3CCCO3)cc1)C2. The number of hydrogen-bond acceptors (Lipinski definition) is 5. The van der Waals surface area contributed by atoms with E-state index in [-0.39, 0.29) is 18.1 Å². The number of piperidine rings is 1. The lowest BCUT2D eigenvalue weighted by atomic mass is 9.87. The van der Waals surface area contributed by atoms with E-state index in [2.05, 4.69) is 28.4 Å². The normalized spacial score (nSPS) is 24.3. The van der Waals surface area contributed by atoms with E-state index in [9.17, 15) is 4.79 Å². The van der Waals surface area contributed by atoms with E-state index in [1.807, 2.05) is 24.3 Å². The topological polar surface area (TPSA) is 60.0 Å². The molecule has 2 aromatic carbocycles. The Morgan fingerprint density at radius 1 is 1.03 bits per heavy atom. The molecule has 2 fully saturated rings. The van der Waals surface area contributed by atoms with Crippen LogP contribution in [0.2, 0.25) is 0 Å². The molecule has 3 aliphatic rings. The van der Waals surface area contributed by atoms with Gasteiger partial charge in [-0.3, -0.25) is 9.69 Å². The molecule has 0 bridgehead atoms. The third kappa shape index (κ3) is 6.47. The van der Waals surface area contributed by atoms with Gasteiger partial charge in [0.15, 0.2) is 0 Å². The standard InChI is InChI=1S/C30H40N2O4/c1-34-20-27-5-2-3-15-32(27)19-22-7-8-25-18-26(12-9-24(25)17-22)31-30(33)23-10-13-28(14-11-23)36-21-29-6-4-16-35-29/h7-8,10-11,13-14,17,26-27,29H,2-6,9,12,15-16,18-21H2,1H3,(H,31,33)/t26-,27?,29-/m0/s1. The van der Waals surface area contributed by atoms with Gasteiger partial charge in [0.25, 0.3) is 5.91 Å². The van der Waals surface area contributed by atoms with Crippen LogP contribution in [0.4, 0.5) is 0 Å². The number of benzene rings is 2. The van der Waals surface area contributed by atoms with Crippen LogP contribution < -0.4 is 10.1 Å². The number of hydrogen-bond donors (Lipinski definition) is 1. The number of likely N-dealkylation sites (tertiary alicyclic amines) is 1. The molecular weight excluding hydrogens is 452 g/mol. The van der Waals surface area contributed by atoms with Gasteiger partial charge in [0, 0.05) is 37.9 Å². The van der Waals surface area contributed by atoms with E-state index in [1.165, 1.54) is 36.0 Å². The first kappa shape index (κ1) is 25.2. The second kappa shape index (κ2) is 12.2. The van der Waals surface area contributed by atoms with Crippen molar-refractivity contribution in [1.82, 2.24) is 10.2 Å². The van der Waals surface area contributed by atoms with Crippen molar-refractivity contribution in [2.45, 2.75) is 76.1 Å². The molecule has 1 unspecified atom stereocenters. The molecule has 3 atom stereocenters. The van der Waals surface area contributed by atoms with Gasteiger partial charge in [-0.1, -0.05) is 24.6 Å². The molecule has 1 N–H and O–H groups in total. The molecule has 0 aromatic heterocycles. The molecule has 194 valence electrons. The lowest BCUT2D eigenvalue weighted by Gasteiger charge is -2.35. The molecule has 2 aromatic rings. The van der Waals surface area contributed by atoms with Crippen LogP contribution in [0.3, 0.4) is 0 Å². The van der Waals surface area contributed by atoms with Crippen LogP contribution in [0.5, 0.6) is 5.75 Å². The summed E-state index contributed by atoms with van der Waals surface area (Å²) in [5, 5.41) is 3.25. The first-order chi connectivity index (χ1) is 17.7. The molecule has 6 heteroatoms. The van der Waals surface area contributed by atoms with E-state index >= 15 is 0 Å². The van der Waals surface area contributed by atoms with Crippen molar-refractivity contribution in [2.24, 2.45) is 0 Å². The van der Waals surface area contributed by atoms with Crippen molar-refractivity contribution >= 4 is 5.91 Å². The number of ether oxygens (including phenoxy) is 3. The average Bonchev–Trinajstić information content (AvgIpc) is 3.43. The number of rotatable bonds is 9. The van der Waals surface area contributed by atoms with Gasteiger partial charge in [-0.2, -0.15) is 0 Å². The summed E-state index contributed by atoms with van der Waals surface area (Å²) in [4.78, 5) is 15.5. The molecular formula is C30H40N2O4. The lowest BCUT2D eigenvalue weighted by Crippen LogP contribution is -2.41. The van der Waals surface area contributed by atoms with Crippen LogP contribution in [0.1, 0.15) is 65.6 Å². The van der Waals surface area contributed by atoms with Gasteiger partial charge in [0.05, 0.1) is 12.7 Å². The number of carbonyl (C=O) groups excluding carboxylic acids is 1. The van der Waals surface area contributed by atoms with Gasteiger partial charge in [-0.05, 0) is 92.4 Å². The number of amides is 1. The Bertz CT molecular complexity index is 1000. The predicted molar refractivity (Wildman–Crippen MR) is 141 cm³/mol. The predicted octanol–water partition coefficient (Wildman–Crippen LogP) is 4.53. The number of nitrogens with one attached hydrogen (secondary N) is 1. The zero-order valence-corrected chi connectivity index (χ0v) is 21.5. The first-order valence-electron chi connectivity index (χ1n) is 13.7. The van der Waals surface area contributed by atoms with E-state index in [0.717, 1.165) is 64.2 Å². The Balaban J connectivity index is 1.12. The van der Waals surface area contributed by atoms with Crippen molar-refractivity contribution in [3.05, 3.63) is 64.7 Å². The summed E-state index contributed by atoms with van der Waals surface area (Å²) in [6.45, 7) is 4.36. The minimum Gasteiger partial charge on any atom is -0.491 e. The smallest absolute Gasteiger partial charge is 0.251 e. The van der Waals surface area contributed by atoms with Crippen LogP contribution in [0.25, 0.3) is 0 Å². The maximum Gasteiger partial charge on any atom is 0.251 e. The Morgan fingerprint density at radius 3 is 2.72 bits per heavy atom. The van der Waals surface area contributed by atoms with Crippen molar-refractivity contribution in [3.8, 4) is 5.75 Å². The summed E-state index contributed by atoms with van der Waals surface area (Å²) in [6, 6.07) is 15.1. The van der Waals surface area contributed by atoms with Crippen LogP contribution in [0, 0.1) is 0 Å². The van der Waals surface area contributed by atoms with Crippen molar-refractivity contribution in [1.29, 1.82) is 0 Å². The maximum absolute atomic E-state index is 12.9. The molecule has 0 spiro atoms. The van der Waals surface area contributed by atoms with Gasteiger partial charge >= 0.3 is 0 Å². The van der Waals surface area contributed by atoms with Crippen LogP contribution in [-0.4, -0.2) is 62.5 Å². The summed E-state index contributed by atoms with van der Waals surface area (Å²) in [7, 11) is 1.80. The Kier molecular flexibility index (Phi) is 8.57. The molecule has 2 aliphatic heterocycles. The number of methoxy groups -OCH3 is 1. The molecule has 36 heavy (non-hydrogen) atoms. The summed E-state index contributed by atoms with van der Waals surface area (Å²) < 4.78 is 16.9. The van der Waals surface area contributed by atoms with Crippen LogP contribution in [0.15, 0.2) is 42.5 Å². The molecule has 5 rings (SSSR count). The third-order valence-corrected chi connectivity index (χ3v) is 7.90. The van der Waals surface area contributed by atoms with Crippen LogP contribution >= 0.6 is 0 Å². The Hall–Kier alpha value is -2.41. The van der Waals surface area contributed by atoms with Gasteiger partial charge < -0.3 is 19.5 Å². The molecule has 1 amide bonds. The molecule has 6 nitrogen and oxygen atoms in total. The highest BCUT2D eigenvalue weighted by molar-refractivity contribution is 5.94.